The van der Waals surface area contributed by atoms with E-state index in [-0.39, 0.29) is 4.88 Å². The maximum absolute atomic E-state index is 12.1. The van der Waals surface area contributed by atoms with Gasteiger partial charge in [0.25, 0.3) is 5.91 Å². The zero-order valence-corrected chi connectivity index (χ0v) is 15.3. The van der Waals surface area contributed by atoms with Crippen molar-refractivity contribution in [3.8, 4) is 0 Å². The monoisotopic (exact) mass is 430 g/mol. The third-order valence-electron chi connectivity index (χ3n) is 2.78. The van der Waals surface area contributed by atoms with Crippen LogP contribution in [0.3, 0.4) is 0 Å². The first-order valence-corrected chi connectivity index (χ1v) is 9.10. The number of hydrogen-bond donors (Lipinski definition) is 1. The summed E-state index contributed by atoms with van der Waals surface area (Å²) in [5, 5.41) is 4.11. The molecule has 1 amide bonds. The number of carbonyl (C=O) groups excluding carboxylic acids is 2. The van der Waals surface area contributed by atoms with Crippen LogP contribution in [0.4, 0.5) is 5.13 Å². The van der Waals surface area contributed by atoms with Gasteiger partial charge in [0.1, 0.15) is 4.88 Å². The second-order valence-corrected chi connectivity index (χ2v) is 8.18. The van der Waals surface area contributed by atoms with Crippen molar-refractivity contribution >= 4 is 77.3 Å². The number of hydrogen-bond acceptors (Lipinski definition) is 6. The topological polar surface area (TPSA) is 68.3 Å². The number of carbonyl (C=O) groups is 2. The van der Waals surface area contributed by atoms with Crippen molar-refractivity contribution in [3.63, 3.8) is 0 Å². The molecule has 0 radical (unpaired) electrons. The number of fused-ring (bicyclic) bond motifs is 1. The minimum Gasteiger partial charge on any atom is -0.451 e. The molecule has 0 aliphatic carbocycles. The van der Waals surface area contributed by atoms with Crippen LogP contribution in [0, 0.1) is 0 Å². The maximum Gasteiger partial charge on any atom is 0.350 e. The van der Waals surface area contributed by atoms with E-state index < -0.39 is 18.5 Å². The molecule has 23 heavy (non-hydrogen) atoms. The van der Waals surface area contributed by atoms with Gasteiger partial charge in [0, 0.05) is 10.1 Å². The summed E-state index contributed by atoms with van der Waals surface area (Å²) in [7, 11) is 0. The number of benzene rings is 1. The largest absolute Gasteiger partial charge is 0.451 e. The smallest absolute Gasteiger partial charge is 0.350 e. The van der Waals surface area contributed by atoms with Crippen molar-refractivity contribution in [2.45, 2.75) is 0 Å². The number of anilines is 1. The minimum atomic E-state index is -0.619. The number of thiazole rings is 1. The maximum atomic E-state index is 12.1. The van der Waals surface area contributed by atoms with E-state index in [0.29, 0.717) is 10.2 Å². The Bertz CT molecular complexity index is 893. The van der Waals surface area contributed by atoms with Gasteiger partial charge in [-0.3, -0.25) is 10.1 Å². The number of aromatic nitrogens is 1. The van der Waals surface area contributed by atoms with Crippen molar-refractivity contribution in [2.24, 2.45) is 0 Å². The summed E-state index contributed by atoms with van der Waals surface area (Å²) in [5.41, 5.74) is 0. The molecule has 9 heteroatoms. The molecule has 2 heterocycles. The van der Waals surface area contributed by atoms with Crippen molar-refractivity contribution < 1.29 is 14.3 Å². The van der Waals surface area contributed by atoms with Crippen LogP contribution in [0.5, 0.6) is 0 Å². The van der Waals surface area contributed by atoms with Gasteiger partial charge in [-0.25, -0.2) is 9.78 Å². The molecule has 118 valence electrons. The highest BCUT2D eigenvalue weighted by Crippen LogP contribution is 2.35. The van der Waals surface area contributed by atoms with E-state index in [0.717, 1.165) is 13.9 Å². The van der Waals surface area contributed by atoms with Crippen molar-refractivity contribution in [1.82, 2.24) is 4.98 Å². The zero-order valence-electron chi connectivity index (χ0n) is 11.3. The average molecular weight is 432 g/mol. The van der Waals surface area contributed by atoms with Crippen LogP contribution in [0.25, 0.3) is 10.1 Å². The van der Waals surface area contributed by atoms with Crippen molar-refractivity contribution in [3.05, 3.63) is 44.1 Å². The third kappa shape index (κ3) is 3.72. The molecule has 0 aliphatic heterocycles. The van der Waals surface area contributed by atoms with Gasteiger partial charge in [-0.05, 0) is 22.0 Å². The fraction of sp³-hybridized carbons (Fsp3) is 0.0714. The van der Waals surface area contributed by atoms with Crippen molar-refractivity contribution in [2.75, 3.05) is 11.9 Å². The van der Waals surface area contributed by atoms with Gasteiger partial charge >= 0.3 is 5.97 Å². The molecule has 0 spiro atoms. The highest BCUT2D eigenvalue weighted by molar-refractivity contribution is 9.11. The van der Waals surface area contributed by atoms with Crippen LogP contribution in [0.15, 0.2) is 34.2 Å². The fourth-order valence-electron chi connectivity index (χ4n) is 1.81. The Labute approximate surface area is 152 Å². The normalized spacial score (nSPS) is 10.7. The molecule has 1 N–H and O–H groups in total. The number of nitrogens with one attached hydrogen (secondary N) is 1. The summed E-state index contributed by atoms with van der Waals surface area (Å²) in [6.07, 6.45) is 1.57. The molecule has 5 nitrogen and oxygen atoms in total. The highest BCUT2D eigenvalue weighted by atomic mass is 79.9. The molecule has 0 saturated heterocycles. The number of amides is 1. The van der Waals surface area contributed by atoms with E-state index in [1.165, 1.54) is 22.7 Å². The Morgan fingerprint density at radius 2 is 2.09 bits per heavy atom. The van der Waals surface area contributed by atoms with Crippen LogP contribution in [-0.4, -0.2) is 23.5 Å². The number of nitrogens with zero attached hydrogens (tertiary/aromatic N) is 1. The standard InChI is InChI=1S/C14H8BrClN2O3S2/c15-9-5-17-14(23-9)18-10(19)6-21-13(20)12-11(16)7-3-1-2-4-8(7)22-12/h1-5H,6H2,(H,17,18,19). The number of thiophene rings is 1. The lowest BCUT2D eigenvalue weighted by molar-refractivity contribution is -0.119. The van der Waals surface area contributed by atoms with E-state index >= 15 is 0 Å². The van der Waals surface area contributed by atoms with E-state index in [1.54, 1.807) is 6.20 Å². The van der Waals surface area contributed by atoms with E-state index in [2.05, 4.69) is 26.2 Å². The first kappa shape index (κ1) is 16.4. The van der Waals surface area contributed by atoms with E-state index in [9.17, 15) is 9.59 Å². The Kier molecular flexibility index (Phi) is 4.96. The first-order chi connectivity index (χ1) is 11.0. The Hall–Kier alpha value is -1.48. The molecule has 0 atom stereocenters. The van der Waals surface area contributed by atoms with Gasteiger partial charge < -0.3 is 4.74 Å². The van der Waals surface area contributed by atoms with Gasteiger partial charge in [-0.2, -0.15) is 0 Å². The quantitative estimate of drug-likeness (QED) is 0.614. The predicted molar refractivity (Wildman–Crippen MR) is 95.6 cm³/mol. The third-order valence-corrected chi connectivity index (χ3v) is 5.83. The summed E-state index contributed by atoms with van der Waals surface area (Å²) < 4.78 is 6.70. The Morgan fingerprint density at radius 3 is 2.78 bits per heavy atom. The molecule has 0 fully saturated rings. The van der Waals surface area contributed by atoms with Gasteiger partial charge in [-0.1, -0.05) is 41.1 Å². The van der Waals surface area contributed by atoms with Gasteiger partial charge in [0.2, 0.25) is 0 Å². The van der Waals surface area contributed by atoms with Crippen molar-refractivity contribution in [1.29, 1.82) is 0 Å². The van der Waals surface area contributed by atoms with Crippen LogP contribution in [0.2, 0.25) is 5.02 Å². The highest BCUT2D eigenvalue weighted by Gasteiger charge is 2.19. The average Bonchev–Trinajstić information content (AvgIpc) is 3.09. The molecular formula is C14H8BrClN2O3S2. The van der Waals surface area contributed by atoms with Crippen LogP contribution < -0.4 is 5.32 Å². The Balaban J connectivity index is 1.64. The molecule has 0 bridgehead atoms. The molecular weight excluding hydrogens is 424 g/mol. The molecule has 0 aliphatic rings. The van der Waals surface area contributed by atoms with Crippen LogP contribution in [-0.2, 0) is 9.53 Å². The molecule has 3 rings (SSSR count). The lowest BCUT2D eigenvalue weighted by atomic mass is 10.2. The first-order valence-electron chi connectivity index (χ1n) is 6.30. The zero-order chi connectivity index (χ0) is 16.4. The summed E-state index contributed by atoms with van der Waals surface area (Å²) in [4.78, 5) is 28.1. The van der Waals surface area contributed by atoms with Crippen LogP contribution in [0.1, 0.15) is 9.67 Å². The molecule has 1 aromatic carbocycles. The summed E-state index contributed by atoms with van der Waals surface area (Å²) >= 11 is 11.9. The number of esters is 1. The van der Waals surface area contributed by atoms with Gasteiger partial charge in [0.15, 0.2) is 11.7 Å². The SMILES string of the molecule is O=C(COC(=O)c1sc2ccccc2c1Cl)Nc1ncc(Br)s1. The number of ether oxygens (including phenoxy) is 1. The summed E-state index contributed by atoms with van der Waals surface area (Å²) in [6, 6.07) is 7.41. The number of rotatable bonds is 4. The fourth-order valence-corrected chi connectivity index (χ4v) is 4.33. The summed E-state index contributed by atoms with van der Waals surface area (Å²) in [6.45, 7) is -0.402. The second-order valence-electron chi connectivity index (χ2n) is 4.34. The molecule has 0 unspecified atom stereocenters. The summed E-state index contributed by atoms with van der Waals surface area (Å²) in [5.74, 6) is -1.08. The van der Waals surface area contributed by atoms with Gasteiger partial charge in [-0.15, -0.1) is 11.3 Å². The van der Waals surface area contributed by atoms with Gasteiger partial charge in [0.05, 0.1) is 15.0 Å². The molecule has 3 aromatic rings. The number of halogens is 2. The Morgan fingerprint density at radius 1 is 1.30 bits per heavy atom. The molecule has 0 saturated carbocycles. The van der Waals surface area contributed by atoms with Crippen LogP contribution >= 0.6 is 50.2 Å². The predicted octanol–water partition coefficient (Wildman–Crippen LogP) is 4.57. The van der Waals surface area contributed by atoms with E-state index in [1.807, 2.05) is 24.3 Å². The molecule has 2 aromatic heterocycles. The minimum absolute atomic E-state index is 0.289. The lowest BCUT2D eigenvalue weighted by Gasteiger charge is -2.03. The lowest BCUT2D eigenvalue weighted by Crippen LogP contribution is -2.20. The second kappa shape index (κ2) is 6.96. The van der Waals surface area contributed by atoms with E-state index in [4.69, 9.17) is 16.3 Å².